The first-order valence-corrected chi connectivity index (χ1v) is 7.91. The molecule has 0 bridgehead atoms. The van der Waals surface area contributed by atoms with E-state index in [1.807, 2.05) is 18.2 Å². The fourth-order valence-electron chi connectivity index (χ4n) is 1.91. The Bertz CT molecular complexity index is 663. The summed E-state index contributed by atoms with van der Waals surface area (Å²) in [7, 11) is 0. The number of nitrogens with zero attached hydrogens (tertiary/aromatic N) is 1. The van der Waals surface area contributed by atoms with Crippen molar-refractivity contribution in [2.24, 2.45) is 0 Å². The molecular weight excluding hydrogens is 337 g/mol. The molecule has 23 heavy (non-hydrogen) atoms. The monoisotopic (exact) mass is 353 g/mol. The minimum Gasteiger partial charge on any atom is -0.450 e. The topological polar surface area (TPSA) is 63.2 Å². The van der Waals surface area contributed by atoms with E-state index in [2.05, 4.69) is 15.6 Å². The average molecular weight is 354 g/mol. The van der Waals surface area contributed by atoms with Crippen molar-refractivity contribution in [2.45, 2.75) is 13.3 Å². The lowest BCUT2D eigenvalue weighted by atomic mass is 10.1. The van der Waals surface area contributed by atoms with Gasteiger partial charge in [0.05, 0.1) is 18.5 Å². The van der Waals surface area contributed by atoms with Gasteiger partial charge in [0.2, 0.25) is 0 Å². The first-order valence-electron chi connectivity index (χ1n) is 7.16. The molecular formula is C16H17Cl2N3O2. The first kappa shape index (κ1) is 17.4. The summed E-state index contributed by atoms with van der Waals surface area (Å²) in [5, 5.41) is 7.06. The van der Waals surface area contributed by atoms with Crippen molar-refractivity contribution in [2.75, 3.05) is 23.8 Å². The Hall–Kier alpha value is -1.98. The fraction of sp³-hybridized carbons (Fsp3) is 0.250. The zero-order chi connectivity index (χ0) is 16.7. The molecule has 0 aliphatic rings. The molecule has 0 saturated carbocycles. The van der Waals surface area contributed by atoms with E-state index in [0.29, 0.717) is 29.0 Å². The summed E-state index contributed by atoms with van der Waals surface area (Å²) in [6.45, 7) is 2.76. The molecule has 2 rings (SSSR count). The number of anilines is 2. The quantitative estimate of drug-likeness (QED) is 0.795. The zero-order valence-electron chi connectivity index (χ0n) is 12.6. The van der Waals surface area contributed by atoms with E-state index < -0.39 is 6.09 Å². The fourth-order valence-corrected chi connectivity index (χ4v) is 2.41. The summed E-state index contributed by atoms with van der Waals surface area (Å²) >= 11 is 12.0. The third-order valence-electron chi connectivity index (χ3n) is 3.01. The van der Waals surface area contributed by atoms with Gasteiger partial charge in [0.25, 0.3) is 0 Å². The maximum Gasteiger partial charge on any atom is 0.412 e. The van der Waals surface area contributed by atoms with E-state index in [4.69, 9.17) is 27.9 Å². The highest BCUT2D eigenvalue weighted by atomic mass is 35.5. The molecule has 1 aromatic heterocycles. The molecule has 0 aliphatic heterocycles. The number of carbonyl (C=O) groups is 1. The zero-order valence-corrected chi connectivity index (χ0v) is 14.1. The van der Waals surface area contributed by atoms with Crippen molar-refractivity contribution in [3.8, 4) is 0 Å². The van der Waals surface area contributed by atoms with E-state index in [1.165, 1.54) is 0 Å². The second-order valence-corrected chi connectivity index (χ2v) is 5.53. The van der Waals surface area contributed by atoms with Crippen LogP contribution in [0.25, 0.3) is 0 Å². The van der Waals surface area contributed by atoms with Crippen molar-refractivity contribution < 1.29 is 9.53 Å². The largest absolute Gasteiger partial charge is 0.450 e. The van der Waals surface area contributed by atoms with Gasteiger partial charge in [-0.2, -0.15) is 0 Å². The lowest BCUT2D eigenvalue weighted by Crippen LogP contribution is -2.14. The van der Waals surface area contributed by atoms with Gasteiger partial charge in [0.1, 0.15) is 5.82 Å². The third kappa shape index (κ3) is 5.62. The Morgan fingerprint density at radius 2 is 2.09 bits per heavy atom. The number of carbonyl (C=O) groups excluding carboxylic acids is 1. The van der Waals surface area contributed by atoms with Crippen LogP contribution in [-0.2, 0) is 11.2 Å². The van der Waals surface area contributed by atoms with Crippen molar-refractivity contribution in [1.29, 1.82) is 0 Å². The number of nitrogens with one attached hydrogen (secondary N) is 2. The Morgan fingerprint density at radius 3 is 2.74 bits per heavy atom. The predicted octanol–water partition coefficient (Wildman–Crippen LogP) is 4.61. The van der Waals surface area contributed by atoms with Crippen LogP contribution in [0.3, 0.4) is 0 Å². The highest BCUT2D eigenvalue weighted by Crippen LogP contribution is 2.21. The standard InChI is InChI=1S/C16H17Cl2N3O2/c1-2-23-16(22)21-15-6-5-13(10-20-15)19-8-7-11-3-4-12(17)9-14(11)18/h3-6,9-10,19H,2,7-8H2,1H3,(H,20,21,22). The number of rotatable bonds is 6. The molecule has 5 nitrogen and oxygen atoms in total. The van der Waals surface area contributed by atoms with E-state index in [0.717, 1.165) is 17.7 Å². The van der Waals surface area contributed by atoms with Crippen LogP contribution in [-0.4, -0.2) is 24.2 Å². The number of pyridine rings is 1. The van der Waals surface area contributed by atoms with Crippen molar-refractivity contribution in [3.05, 3.63) is 52.1 Å². The van der Waals surface area contributed by atoms with Gasteiger partial charge in [-0.05, 0) is 43.2 Å². The highest BCUT2D eigenvalue weighted by molar-refractivity contribution is 6.35. The number of hydrogen-bond donors (Lipinski definition) is 2. The predicted molar refractivity (Wildman–Crippen MR) is 93.5 cm³/mol. The molecule has 1 heterocycles. The van der Waals surface area contributed by atoms with E-state index in [9.17, 15) is 4.79 Å². The Labute approximate surface area is 145 Å². The van der Waals surface area contributed by atoms with Gasteiger partial charge >= 0.3 is 6.09 Å². The van der Waals surface area contributed by atoms with Gasteiger partial charge < -0.3 is 10.1 Å². The minimum absolute atomic E-state index is 0.318. The number of benzene rings is 1. The molecule has 0 radical (unpaired) electrons. The van der Waals surface area contributed by atoms with Gasteiger partial charge in [0, 0.05) is 16.6 Å². The van der Waals surface area contributed by atoms with E-state index >= 15 is 0 Å². The smallest absolute Gasteiger partial charge is 0.412 e. The van der Waals surface area contributed by atoms with E-state index in [-0.39, 0.29) is 0 Å². The molecule has 0 saturated heterocycles. The van der Waals surface area contributed by atoms with Crippen molar-refractivity contribution in [1.82, 2.24) is 4.98 Å². The summed E-state index contributed by atoms with van der Waals surface area (Å²) in [6.07, 6.45) is 1.89. The number of halogens is 2. The van der Waals surface area contributed by atoms with Crippen LogP contribution in [0.4, 0.5) is 16.3 Å². The summed E-state index contributed by atoms with van der Waals surface area (Å²) in [5.74, 6) is 0.440. The molecule has 0 atom stereocenters. The number of amides is 1. The van der Waals surface area contributed by atoms with Gasteiger partial charge in [-0.15, -0.1) is 0 Å². The van der Waals surface area contributed by atoms with Crippen molar-refractivity contribution >= 4 is 40.8 Å². The molecule has 1 aromatic carbocycles. The number of ether oxygens (including phenoxy) is 1. The summed E-state index contributed by atoms with van der Waals surface area (Å²) in [6, 6.07) is 9.00. The van der Waals surface area contributed by atoms with Crippen LogP contribution in [0, 0.1) is 0 Å². The van der Waals surface area contributed by atoms with Gasteiger partial charge in [0.15, 0.2) is 0 Å². The highest BCUT2D eigenvalue weighted by Gasteiger charge is 2.04. The maximum atomic E-state index is 11.3. The summed E-state index contributed by atoms with van der Waals surface area (Å²) < 4.78 is 4.78. The maximum absolute atomic E-state index is 11.3. The molecule has 1 amide bonds. The molecule has 0 spiro atoms. The van der Waals surface area contributed by atoms with Gasteiger partial charge in [-0.3, -0.25) is 5.32 Å². The van der Waals surface area contributed by atoms with Crippen LogP contribution in [0.15, 0.2) is 36.5 Å². The molecule has 7 heteroatoms. The second-order valence-electron chi connectivity index (χ2n) is 4.69. The molecule has 2 aromatic rings. The lowest BCUT2D eigenvalue weighted by molar-refractivity contribution is 0.168. The van der Waals surface area contributed by atoms with Crippen LogP contribution < -0.4 is 10.6 Å². The summed E-state index contributed by atoms with van der Waals surface area (Å²) in [4.78, 5) is 15.4. The Kier molecular flexibility index (Phi) is 6.50. The van der Waals surface area contributed by atoms with Crippen LogP contribution in [0.5, 0.6) is 0 Å². The Balaban J connectivity index is 1.83. The van der Waals surface area contributed by atoms with E-state index in [1.54, 1.807) is 25.3 Å². The van der Waals surface area contributed by atoms with Gasteiger partial charge in [-0.1, -0.05) is 29.3 Å². The lowest BCUT2D eigenvalue weighted by Gasteiger charge is -2.09. The number of aromatic nitrogens is 1. The summed E-state index contributed by atoms with van der Waals surface area (Å²) in [5.41, 5.74) is 1.88. The molecule has 0 aliphatic carbocycles. The second kappa shape index (κ2) is 8.60. The van der Waals surface area contributed by atoms with Crippen molar-refractivity contribution in [3.63, 3.8) is 0 Å². The first-order chi connectivity index (χ1) is 11.1. The third-order valence-corrected chi connectivity index (χ3v) is 3.59. The number of hydrogen-bond acceptors (Lipinski definition) is 4. The minimum atomic E-state index is -0.516. The normalized spacial score (nSPS) is 10.2. The Morgan fingerprint density at radius 1 is 1.26 bits per heavy atom. The van der Waals surface area contributed by atoms with Gasteiger partial charge in [-0.25, -0.2) is 9.78 Å². The molecule has 0 unspecified atom stereocenters. The van der Waals surface area contributed by atoms with Crippen LogP contribution >= 0.6 is 23.2 Å². The molecule has 2 N–H and O–H groups in total. The van der Waals surface area contributed by atoms with Crippen LogP contribution in [0.1, 0.15) is 12.5 Å². The average Bonchev–Trinajstić information content (AvgIpc) is 2.51. The SMILES string of the molecule is CCOC(=O)Nc1ccc(NCCc2ccc(Cl)cc2Cl)cn1. The molecule has 122 valence electrons. The molecule has 0 fully saturated rings. The van der Waals surface area contributed by atoms with Crippen LogP contribution in [0.2, 0.25) is 10.0 Å².